The van der Waals surface area contributed by atoms with Crippen LogP contribution in [0.25, 0.3) is 61.5 Å². The molecule has 0 N–H and O–H groups in total. The van der Waals surface area contributed by atoms with Gasteiger partial charge in [0, 0.05) is 46.9 Å². The fourth-order valence-electron chi connectivity index (χ4n) is 8.31. The first kappa shape index (κ1) is 29.6. The summed E-state index contributed by atoms with van der Waals surface area (Å²) in [5.41, 5.74) is 10.0. The predicted molar refractivity (Wildman–Crippen MR) is 184 cm³/mol. The zero-order valence-corrected chi connectivity index (χ0v) is 27.1. The number of aryl methyl sites for hydroxylation is 3. The number of furan rings is 1. The molecule has 0 saturated heterocycles. The quantitative estimate of drug-likeness (QED) is 0.131. The van der Waals surface area contributed by atoms with Gasteiger partial charge in [-0.1, -0.05) is 48.5 Å². The normalized spacial score (nSPS) is 16.9. The van der Waals surface area contributed by atoms with E-state index < -0.39 is 17.6 Å². The van der Waals surface area contributed by atoms with Crippen LogP contribution in [0.5, 0.6) is 0 Å². The molecule has 7 aromatic rings. The lowest BCUT2D eigenvalue weighted by molar-refractivity contribution is -0.719. The van der Waals surface area contributed by atoms with E-state index in [1.807, 2.05) is 54.6 Å². The molecule has 0 radical (unpaired) electrons. The Kier molecular flexibility index (Phi) is 6.63. The number of benzene rings is 3. The minimum Gasteiger partial charge on any atom is -0.437 e. The second-order valence-corrected chi connectivity index (χ2v) is 13.3. The highest BCUT2D eigenvalue weighted by molar-refractivity contribution is 6.09. The van der Waals surface area contributed by atoms with Gasteiger partial charge < -0.3 is 4.42 Å². The molecular formula is C42H32F3N3O+2. The summed E-state index contributed by atoms with van der Waals surface area (Å²) >= 11 is 0. The summed E-state index contributed by atoms with van der Waals surface area (Å²) < 4.78 is 56.6. The molecule has 2 unspecified atom stereocenters. The van der Waals surface area contributed by atoms with Gasteiger partial charge in [-0.25, -0.2) is 9.37 Å². The number of halogens is 3. The number of rotatable bonds is 1. The molecule has 0 spiro atoms. The molecule has 0 saturated carbocycles. The molecule has 0 aliphatic carbocycles. The maximum absolute atomic E-state index is 16.2. The summed E-state index contributed by atoms with van der Waals surface area (Å²) in [5, 5.41) is 1.55. The van der Waals surface area contributed by atoms with Crippen molar-refractivity contribution < 1.29 is 26.7 Å². The van der Waals surface area contributed by atoms with Gasteiger partial charge >= 0.3 is 5.95 Å². The van der Waals surface area contributed by atoms with Crippen molar-refractivity contribution in [2.24, 2.45) is 0 Å². The molecule has 49 heavy (non-hydrogen) atoms. The maximum Gasteiger partial charge on any atom is 0.405 e. The Bertz CT molecular complexity index is 2510. The van der Waals surface area contributed by atoms with Gasteiger partial charge in [0.2, 0.25) is 17.1 Å². The van der Waals surface area contributed by atoms with Crippen LogP contribution in [0.15, 0.2) is 108 Å². The highest BCUT2D eigenvalue weighted by atomic mass is 19.2. The first-order valence-electron chi connectivity index (χ1n) is 16.6. The summed E-state index contributed by atoms with van der Waals surface area (Å²) in [4.78, 5) is 4.95. The maximum atomic E-state index is 16.2. The van der Waals surface area contributed by atoms with E-state index in [9.17, 15) is 0 Å². The van der Waals surface area contributed by atoms with Crippen molar-refractivity contribution in [2.75, 3.05) is 0 Å². The van der Waals surface area contributed by atoms with E-state index in [0.717, 1.165) is 72.6 Å². The van der Waals surface area contributed by atoms with Gasteiger partial charge in [0.25, 0.3) is 5.82 Å². The number of fused-ring (bicyclic) bond motifs is 13. The number of pyridine rings is 3. The van der Waals surface area contributed by atoms with Crippen LogP contribution in [0, 0.1) is 31.4 Å². The largest absolute Gasteiger partial charge is 0.437 e. The van der Waals surface area contributed by atoms with Crippen molar-refractivity contribution >= 4 is 27.8 Å². The summed E-state index contributed by atoms with van der Waals surface area (Å²) in [7, 11) is 0. The molecule has 0 amide bonds. The minimum absolute atomic E-state index is 0.000784. The summed E-state index contributed by atoms with van der Waals surface area (Å²) in [5.74, 6) is -4.21. The van der Waals surface area contributed by atoms with Gasteiger partial charge in [0.15, 0.2) is 29.3 Å². The molecule has 4 nitrogen and oxygen atoms in total. The Morgan fingerprint density at radius 1 is 0.816 bits per heavy atom. The van der Waals surface area contributed by atoms with Crippen LogP contribution in [0.2, 0.25) is 0 Å². The van der Waals surface area contributed by atoms with Crippen LogP contribution in [0.4, 0.5) is 13.2 Å². The Labute approximate surface area is 281 Å². The zero-order chi connectivity index (χ0) is 33.6. The topological polar surface area (TPSA) is 33.8 Å². The second kappa shape index (κ2) is 11.0. The van der Waals surface area contributed by atoms with Gasteiger partial charge in [-0.15, -0.1) is 8.96 Å². The third-order valence-electron chi connectivity index (χ3n) is 10.5. The van der Waals surface area contributed by atoms with E-state index in [-0.39, 0.29) is 17.7 Å². The number of allylic oxidation sites excluding steroid dienone is 1. The fraction of sp³-hybridized carbons (Fsp3) is 0.167. The number of hydrogen-bond acceptors (Lipinski definition) is 2. The third kappa shape index (κ3) is 4.41. The van der Waals surface area contributed by atoms with E-state index in [4.69, 9.17) is 9.40 Å². The molecule has 7 heteroatoms. The zero-order valence-electron chi connectivity index (χ0n) is 27.1. The molecule has 9 rings (SSSR count). The lowest BCUT2D eigenvalue weighted by Gasteiger charge is -2.31. The van der Waals surface area contributed by atoms with Crippen molar-refractivity contribution in [3.05, 3.63) is 144 Å². The average molecular weight is 652 g/mol. The smallest absolute Gasteiger partial charge is 0.405 e. The molecule has 2 aliphatic rings. The SMILES string of the molecule is C=C1CC2c3ccccc3-c3cccc[n+]3C2CCc2ccc3c(oc4nc(-c5c(C)cccc5C)ccc43)c2-c2cc(F)c(F)c(F)[n+]21. The molecule has 2 aliphatic heterocycles. The Hall–Kier alpha value is -5.56. The van der Waals surface area contributed by atoms with Crippen molar-refractivity contribution in [3.63, 3.8) is 0 Å². The molecule has 6 heterocycles. The first-order chi connectivity index (χ1) is 23.8. The van der Waals surface area contributed by atoms with E-state index in [1.54, 1.807) is 0 Å². The average Bonchev–Trinajstić information content (AvgIpc) is 3.47. The van der Waals surface area contributed by atoms with Crippen LogP contribution in [0.1, 0.15) is 47.1 Å². The van der Waals surface area contributed by atoms with E-state index >= 15 is 13.2 Å². The van der Waals surface area contributed by atoms with Crippen LogP contribution in [-0.4, -0.2) is 4.98 Å². The van der Waals surface area contributed by atoms with E-state index in [1.165, 1.54) is 0 Å². The summed E-state index contributed by atoms with van der Waals surface area (Å²) in [6, 6.07) is 29.6. The Morgan fingerprint density at radius 2 is 1.59 bits per heavy atom. The van der Waals surface area contributed by atoms with Crippen molar-refractivity contribution in [1.82, 2.24) is 4.98 Å². The van der Waals surface area contributed by atoms with Crippen molar-refractivity contribution in [3.8, 4) is 33.8 Å². The van der Waals surface area contributed by atoms with Gasteiger partial charge in [-0.05, 0) is 73.4 Å². The molecule has 240 valence electrons. The molecule has 0 bridgehead atoms. The van der Waals surface area contributed by atoms with Crippen LogP contribution in [-0.2, 0) is 6.42 Å². The molecule has 0 fully saturated rings. The van der Waals surface area contributed by atoms with E-state index in [2.05, 4.69) is 61.5 Å². The van der Waals surface area contributed by atoms with Crippen LogP contribution >= 0.6 is 0 Å². The first-order valence-corrected chi connectivity index (χ1v) is 16.6. The highest BCUT2D eigenvalue weighted by Gasteiger charge is 2.43. The third-order valence-corrected chi connectivity index (χ3v) is 10.5. The number of aromatic nitrogens is 3. The minimum atomic E-state index is -1.54. The lowest BCUT2D eigenvalue weighted by Crippen LogP contribution is -2.49. The lowest BCUT2D eigenvalue weighted by atomic mass is 9.77. The number of hydrogen-bond donors (Lipinski definition) is 0. The fourth-order valence-corrected chi connectivity index (χ4v) is 8.31. The van der Waals surface area contributed by atoms with Gasteiger partial charge in [-0.2, -0.15) is 8.96 Å². The highest BCUT2D eigenvalue weighted by Crippen LogP contribution is 2.46. The molecule has 4 aromatic heterocycles. The number of nitrogens with zero attached hydrogens (tertiary/aromatic N) is 3. The van der Waals surface area contributed by atoms with Gasteiger partial charge in [-0.3, -0.25) is 0 Å². The molecule has 3 aromatic carbocycles. The van der Waals surface area contributed by atoms with Crippen LogP contribution in [0.3, 0.4) is 0 Å². The van der Waals surface area contributed by atoms with E-state index in [0.29, 0.717) is 35.4 Å². The molecule has 2 atom stereocenters. The summed E-state index contributed by atoms with van der Waals surface area (Å²) in [6.45, 7) is 8.42. The van der Waals surface area contributed by atoms with Gasteiger partial charge in [0.05, 0.1) is 23.2 Å². The second-order valence-electron chi connectivity index (χ2n) is 13.3. The molecular weight excluding hydrogens is 619 g/mol. The monoisotopic (exact) mass is 651 g/mol. The van der Waals surface area contributed by atoms with Crippen LogP contribution < -0.4 is 9.13 Å². The predicted octanol–water partition coefficient (Wildman–Crippen LogP) is 9.74. The van der Waals surface area contributed by atoms with Crippen molar-refractivity contribution in [2.45, 2.75) is 45.1 Å². The Morgan fingerprint density at radius 3 is 2.43 bits per heavy atom. The summed E-state index contributed by atoms with van der Waals surface area (Å²) in [6.07, 6.45) is 3.75. The van der Waals surface area contributed by atoms with Crippen molar-refractivity contribution in [1.29, 1.82) is 0 Å². The van der Waals surface area contributed by atoms with Gasteiger partial charge in [0.1, 0.15) is 0 Å². The Balaban J connectivity index is 1.30. The standard InChI is InChI=1S/C42H32F3N3O/c1-23-9-8-10-24(2)37(23)33-18-17-30-29-16-14-26-15-19-35-31(27-11-4-5-12-28(27)34-13-6-7-20-47(34)35)21-25(3)48-36(22-32(43)39(44)41(48)45)38(26)40(29)49-42(30)46-33/h4-14,16-18,20,22,31,35H,3,15,19,21H2,1-2H3/q+2.